The van der Waals surface area contributed by atoms with Crippen molar-refractivity contribution in [3.8, 4) is 5.75 Å². The number of hydrogen-bond acceptors (Lipinski definition) is 4. The molecule has 1 saturated carbocycles. The average molecular weight is 368 g/mol. The molecule has 0 atom stereocenters. The maximum atomic E-state index is 12.5. The fraction of sp³-hybridized carbons (Fsp3) is 0.500. The molecule has 27 heavy (non-hydrogen) atoms. The molecule has 4 rings (SSSR count). The summed E-state index contributed by atoms with van der Waals surface area (Å²) < 4.78 is 11.6. The molecule has 1 aliphatic carbocycles. The lowest BCUT2D eigenvalue weighted by atomic mass is 10.1. The normalized spacial score (nSPS) is 19.2. The van der Waals surface area contributed by atoms with E-state index in [0.717, 1.165) is 44.9 Å². The zero-order valence-corrected chi connectivity index (χ0v) is 15.8. The van der Waals surface area contributed by atoms with Crippen LogP contribution in [0.1, 0.15) is 48.2 Å². The molecule has 1 amide bonds. The predicted octanol–water partition coefficient (Wildman–Crippen LogP) is 3.95. The molecule has 0 spiro atoms. The molecule has 5 heteroatoms. The summed E-state index contributed by atoms with van der Waals surface area (Å²) in [6, 6.07) is 11.9. The molecule has 144 valence electrons. The van der Waals surface area contributed by atoms with Gasteiger partial charge in [0.05, 0.1) is 12.4 Å². The predicted molar refractivity (Wildman–Crippen MR) is 104 cm³/mol. The lowest BCUT2D eigenvalue weighted by Crippen LogP contribution is -2.35. The first-order valence-electron chi connectivity index (χ1n) is 10.1. The van der Waals surface area contributed by atoms with Gasteiger partial charge in [0.25, 0.3) is 5.91 Å². The first-order valence-corrected chi connectivity index (χ1v) is 10.1. The second kappa shape index (κ2) is 8.61. The van der Waals surface area contributed by atoms with E-state index in [0.29, 0.717) is 11.9 Å². The minimum absolute atomic E-state index is 0.00758. The summed E-state index contributed by atoms with van der Waals surface area (Å²) in [5.41, 5.74) is 1.25. The monoisotopic (exact) mass is 368 g/mol. The standard InChI is InChI=1S/C22H28N2O3/c25-22(21-11-5-16-26-21)24-13-6-12-23(14-15-24)17-18-7-1-4-10-20(18)27-19-8-2-3-9-19/h1,4-5,7,10-11,16,19H,2-3,6,8-9,12-15,17H2. The van der Waals surface area contributed by atoms with Crippen molar-refractivity contribution in [3.05, 3.63) is 54.0 Å². The maximum absolute atomic E-state index is 12.5. The van der Waals surface area contributed by atoms with Crippen LogP contribution < -0.4 is 4.74 Å². The van der Waals surface area contributed by atoms with Gasteiger partial charge in [-0.1, -0.05) is 18.2 Å². The Balaban J connectivity index is 1.37. The van der Waals surface area contributed by atoms with Gasteiger partial charge in [-0.3, -0.25) is 9.69 Å². The molecule has 0 bridgehead atoms. The van der Waals surface area contributed by atoms with Gasteiger partial charge in [-0.15, -0.1) is 0 Å². The number of benzene rings is 1. The van der Waals surface area contributed by atoms with Crippen LogP contribution in [0.2, 0.25) is 0 Å². The number of rotatable bonds is 5. The number of ether oxygens (including phenoxy) is 1. The summed E-state index contributed by atoms with van der Waals surface area (Å²) in [6.07, 6.45) is 7.79. The van der Waals surface area contributed by atoms with E-state index in [1.165, 1.54) is 31.2 Å². The smallest absolute Gasteiger partial charge is 0.289 e. The van der Waals surface area contributed by atoms with Crippen molar-refractivity contribution in [2.75, 3.05) is 26.2 Å². The molecule has 1 aliphatic heterocycles. The van der Waals surface area contributed by atoms with E-state index < -0.39 is 0 Å². The number of hydrogen-bond donors (Lipinski definition) is 0. The minimum atomic E-state index is -0.00758. The number of carbonyl (C=O) groups excluding carboxylic acids is 1. The summed E-state index contributed by atoms with van der Waals surface area (Å²) >= 11 is 0. The van der Waals surface area contributed by atoms with Gasteiger partial charge >= 0.3 is 0 Å². The highest BCUT2D eigenvalue weighted by molar-refractivity contribution is 5.91. The summed E-state index contributed by atoms with van der Waals surface area (Å²) in [4.78, 5) is 16.8. The Hall–Kier alpha value is -2.27. The van der Waals surface area contributed by atoms with Crippen molar-refractivity contribution in [2.45, 2.75) is 44.8 Å². The number of amides is 1. The highest BCUT2D eigenvalue weighted by Gasteiger charge is 2.23. The topological polar surface area (TPSA) is 45.9 Å². The molecular formula is C22H28N2O3. The van der Waals surface area contributed by atoms with Crippen LogP contribution >= 0.6 is 0 Å². The average Bonchev–Trinajstić information content (AvgIpc) is 3.35. The van der Waals surface area contributed by atoms with Gasteiger partial charge in [0.15, 0.2) is 5.76 Å². The number of carbonyl (C=O) groups is 1. The molecule has 0 unspecified atom stereocenters. The Kier molecular flexibility index (Phi) is 5.78. The molecule has 0 N–H and O–H groups in total. The van der Waals surface area contributed by atoms with E-state index in [9.17, 15) is 4.79 Å². The molecule has 2 heterocycles. The van der Waals surface area contributed by atoms with Crippen molar-refractivity contribution in [1.82, 2.24) is 9.80 Å². The van der Waals surface area contributed by atoms with E-state index in [2.05, 4.69) is 29.2 Å². The van der Waals surface area contributed by atoms with Crippen LogP contribution in [0.4, 0.5) is 0 Å². The summed E-state index contributed by atoms with van der Waals surface area (Å²) in [5, 5.41) is 0. The number of furan rings is 1. The summed E-state index contributed by atoms with van der Waals surface area (Å²) in [6.45, 7) is 4.22. The van der Waals surface area contributed by atoms with Gasteiger partial charge in [0, 0.05) is 38.3 Å². The molecule has 1 aromatic carbocycles. The van der Waals surface area contributed by atoms with Crippen LogP contribution in [0, 0.1) is 0 Å². The maximum Gasteiger partial charge on any atom is 0.289 e. The van der Waals surface area contributed by atoms with Crippen LogP contribution in [0.5, 0.6) is 5.75 Å². The molecule has 2 fully saturated rings. The van der Waals surface area contributed by atoms with Gasteiger partial charge in [-0.25, -0.2) is 0 Å². The van der Waals surface area contributed by atoms with Gasteiger partial charge in [-0.05, 0) is 50.3 Å². The van der Waals surface area contributed by atoms with E-state index in [-0.39, 0.29) is 5.91 Å². The van der Waals surface area contributed by atoms with E-state index in [1.807, 2.05) is 4.90 Å². The lowest BCUT2D eigenvalue weighted by Gasteiger charge is -2.23. The highest BCUT2D eigenvalue weighted by atomic mass is 16.5. The molecule has 2 aliphatic rings. The van der Waals surface area contributed by atoms with Crippen LogP contribution in [0.3, 0.4) is 0 Å². The van der Waals surface area contributed by atoms with Crippen molar-refractivity contribution in [3.63, 3.8) is 0 Å². The zero-order valence-electron chi connectivity index (χ0n) is 15.8. The molecule has 5 nitrogen and oxygen atoms in total. The summed E-state index contributed by atoms with van der Waals surface area (Å²) in [7, 11) is 0. The zero-order chi connectivity index (χ0) is 18.5. The van der Waals surface area contributed by atoms with Crippen LogP contribution in [-0.2, 0) is 6.54 Å². The SMILES string of the molecule is O=C(c1ccco1)N1CCCN(Cc2ccccc2OC2CCCC2)CC1. The van der Waals surface area contributed by atoms with Crippen molar-refractivity contribution < 1.29 is 13.9 Å². The second-order valence-electron chi connectivity index (χ2n) is 7.53. The third-order valence-corrected chi connectivity index (χ3v) is 5.57. The first-order chi connectivity index (χ1) is 13.3. The highest BCUT2D eigenvalue weighted by Crippen LogP contribution is 2.27. The van der Waals surface area contributed by atoms with Gasteiger partial charge in [0.2, 0.25) is 0 Å². The van der Waals surface area contributed by atoms with E-state index in [1.54, 1.807) is 18.4 Å². The largest absolute Gasteiger partial charge is 0.490 e. The van der Waals surface area contributed by atoms with Gasteiger partial charge in [0.1, 0.15) is 5.75 Å². The van der Waals surface area contributed by atoms with Crippen LogP contribution in [0.15, 0.2) is 47.1 Å². The van der Waals surface area contributed by atoms with Gasteiger partial charge < -0.3 is 14.1 Å². The van der Waals surface area contributed by atoms with Crippen molar-refractivity contribution in [2.24, 2.45) is 0 Å². The summed E-state index contributed by atoms with van der Waals surface area (Å²) in [5.74, 6) is 1.45. The lowest BCUT2D eigenvalue weighted by molar-refractivity contribution is 0.0729. The van der Waals surface area contributed by atoms with Crippen LogP contribution in [0.25, 0.3) is 0 Å². The molecule has 2 aromatic rings. The fourth-order valence-corrected chi connectivity index (χ4v) is 4.06. The van der Waals surface area contributed by atoms with E-state index >= 15 is 0 Å². The Morgan fingerprint density at radius 2 is 1.85 bits per heavy atom. The molecule has 0 radical (unpaired) electrons. The molecule has 1 saturated heterocycles. The Morgan fingerprint density at radius 1 is 1.00 bits per heavy atom. The third kappa shape index (κ3) is 4.53. The second-order valence-corrected chi connectivity index (χ2v) is 7.53. The third-order valence-electron chi connectivity index (χ3n) is 5.57. The van der Waals surface area contributed by atoms with Crippen molar-refractivity contribution in [1.29, 1.82) is 0 Å². The number of para-hydroxylation sites is 1. The fourth-order valence-electron chi connectivity index (χ4n) is 4.06. The van der Waals surface area contributed by atoms with Gasteiger partial charge in [-0.2, -0.15) is 0 Å². The first kappa shape index (κ1) is 18.1. The Bertz CT molecular complexity index is 738. The Morgan fingerprint density at radius 3 is 2.67 bits per heavy atom. The number of nitrogens with zero attached hydrogens (tertiary/aromatic N) is 2. The van der Waals surface area contributed by atoms with Crippen LogP contribution in [-0.4, -0.2) is 48.0 Å². The van der Waals surface area contributed by atoms with E-state index in [4.69, 9.17) is 9.15 Å². The minimum Gasteiger partial charge on any atom is -0.490 e. The molecular weight excluding hydrogens is 340 g/mol. The molecule has 1 aromatic heterocycles. The van der Waals surface area contributed by atoms with Crippen molar-refractivity contribution >= 4 is 5.91 Å². The Labute approximate surface area is 160 Å². The quantitative estimate of drug-likeness (QED) is 0.802.